The number of aliphatic carboxylic acids is 1. The highest BCUT2D eigenvalue weighted by Crippen LogP contribution is 2.24. The van der Waals surface area contributed by atoms with Crippen LogP contribution in [0.25, 0.3) is 0 Å². The van der Waals surface area contributed by atoms with Crippen LogP contribution >= 0.6 is 11.8 Å². The molecule has 0 radical (unpaired) electrons. The van der Waals surface area contributed by atoms with Crippen LogP contribution in [0.1, 0.15) is 34.1 Å². The zero-order chi connectivity index (χ0) is 11.2. The van der Waals surface area contributed by atoms with Gasteiger partial charge in [-0.3, -0.25) is 0 Å². The average molecular weight is 220 g/mol. The maximum absolute atomic E-state index is 10.7. The van der Waals surface area contributed by atoms with E-state index in [4.69, 9.17) is 9.84 Å². The van der Waals surface area contributed by atoms with Crippen molar-refractivity contribution in [1.29, 1.82) is 0 Å². The van der Waals surface area contributed by atoms with Crippen molar-refractivity contribution in [1.82, 2.24) is 0 Å². The predicted octanol–water partition coefficient (Wildman–Crippen LogP) is 2.40. The molecule has 1 unspecified atom stereocenters. The van der Waals surface area contributed by atoms with Crippen LogP contribution in [0.2, 0.25) is 0 Å². The van der Waals surface area contributed by atoms with E-state index in [0.717, 1.165) is 5.75 Å². The van der Waals surface area contributed by atoms with E-state index in [0.29, 0.717) is 13.0 Å². The van der Waals surface area contributed by atoms with Gasteiger partial charge >= 0.3 is 5.97 Å². The van der Waals surface area contributed by atoms with Crippen molar-refractivity contribution in [3.63, 3.8) is 0 Å². The minimum absolute atomic E-state index is 0.190. The van der Waals surface area contributed by atoms with E-state index in [-0.39, 0.29) is 4.75 Å². The fourth-order valence-corrected chi connectivity index (χ4v) is 1.90. The highest BCUT2D eigenvalue weighted by Gasteiger charge is 2.18. The van der Waals surface area contributed by atoms with E-state index < -0.39 is 12.1 Å². The summed E-state index contributed by atoms with van der Waals surface area (Å²) in [6.07, 6.45) is -0.0691. The Labute approximate surface area is 90.2 Å². The van der Waals surface area contributed by atoms with Gasteiger partial charge in [0, 0.05) is 11.4 Å². The van der Waals surface area contributed by atoms with Crippen molar-refractivity contribution in [3.05, 3.63) is 0 Å². The van der Waals surface area contributed by atoms with E-state index in [1.54, 1.807) is 11.8 Å². The lowest BCUT2D eigenvalue weighted by Crippen LogP contribution is -2.25. The van der Waals surface area contributed by atoms with E-state index in [1.807, 2.05) is 6.92 Å². The topological polar surface area (TPSA) is 46.5 Å². The van der Waals surface area contributed by atoms with Crippen LogP contribution in [0.4, 0.5) is 0 Å². The third-order valence-electron chi connectivity index (χ3n) is 1.56. The van der Waals surface area contributed by atoms with E-state index in [1.165, 1.54) is 0 Å². The second-order valence-corrected chi connectivity index (χ2v) is 5.95. The Morgan fingerprint density at radius 3 is 2.43 bits per heavy atom. The van der Waals surface area contributed by atoms with Crippen LogP contribution in [0.15, 0.2) is 0 Å². The monoisotopic (exact) mass is 220 g/mol. The Hall–Kier alpha value is -0.220. The lowest BCUT2D eigenvalue weighted by molar-refractivity contribution is -0.150. The molecule has 14 heavy (non-hydrogen) atoms. The van der Waals surface area contributed by atoms with Crippen molar-refractivity contribution < 1.29 is 14.6 Å². The molecule has 0 aromatic heterocycles. The first-order valence-corrected chi connectivity index (χ1v) is 5.83. The molecule has 0 aromatic rings. The fourth-order valence-electron chi connectivity index (χ4n) is 0.951. The van der Waals surface area contributed by atoms with Crippen LogP contribution in [0.3, 0.4) is 0 Å². The smallest absolute Gasteiger partial charge is 0.332 e. The largest absolute Gasteiger partial charge is 0.479 e. The number of hydrogen-bond donors (Lipinski definition) is 1. The second-order valence-electron chi connectivity index (χ2n) is 4.03. The molecule has 0 aliphatic carbocycles. The van der Waals surface area contributed by atoms with E-state index >= 15 is 0 Å². The third-order valence-corrected chi connectivity index (χ3v) is 2.86. The van der Waals surface area contributed by atoms with Crippen molar-refractivity contribution in [2.45, 2.75) is 45.0 Å². The van der Waals surface area contributed by atoms with Crippen LogP contribution in [0.5, 0.6) is 0 Å². The second kappa shape index (κ2) is 6.30. The minimum Gasteiger partial charge on any atom is -0.479 e. The van der Waals surface area contributed by atoms with Gasteiger partial charge in [0.25, 0.3) is 0 Å². The van der Waals surface area contributed by atoms with Gasteiger partial charge in [-0.25, -0.2) is 4.79 Å². The maximum atomic E-state index is 10.7. The van der Waals surface area contributed by atoms with Gasteiger partial charge in [0.2, 0.25) is 0 Å². The normalized spacial score (nSPS) is 14.0. The summed E-state index contributed by atoms with van der Waals surface area (Å²) in [5.74, 6) is -0.0399. The summed E-state index contributed by atoms with van der Waals surface area (Å²) >= 11 is 1.76. The molecule has 0 saturated carbocycles. The van der Waals surface area contributed by atoms with Gasteiger partial charge < -0.3 is 9.84 Å². The molecule has 0 aromatic carbocycles. The number of hydrogen-bond acceptors (Lipinski definition) is 3. The number of rotatable bonds is 6. The number of carboxylic acids is 1. The molecule has 0 spiro atoms. The Morgan fingerprint density at radius 2 is 2.07 bits per heavy atom. The molecule has 0 bridgehead atoms. The zero-order valence-corrected chi connectivity index (χ0v) is 10.2. The third kappa shape index (κ3) is 7.21. The first-order chi connectivity index (χ1) is 6.37. The standard InChI is InChI=1S/C10H20O3S/c1-5-13-8(9(11)12)6-7-14-10(2,3)4/h8H,5-7H2,1-4H3,(H,11,12). The SMILES string of the molecule is CCOC(CCSC(C)(C)C)C(=O)O. The van der Waals surface area contributed by atoms with Gasteiger partial charge in [0.1, 0.15) is 0 Å². The first kappa shape index (κ1) is 13.8. The van der Waals surface area contributed by atoms with Gasteiger partial charge in [-0.15, -0.1) is 0 Å². The molecule has 0 fully saturated rings. The Bertz CT molecular complexity index is 175. The summed E-state index contributed by atoms with van der Waals surface area (Å²) in [6, 6.07) is 0. The summed E-state index contributed by atoms with van der Waals surface area (Å²) in [7, 11) is 0. The molecule has 0 heterocycles. The Morgan fingerprint density at radius 1 is 1.50 bits per heavy atom. The summed E-state index contributed by atoms with van der Waals surface area (Å²) in [6.45, 7) is 8.63. The predicted molar refractivity (Wildman–Crippen MR) is 59.9 cm³/mol. The quantitative estimate of drug-likeness (QED) is 0.746. The molecular weight excluding hydrogens is 200 g/mol. The highest BCUT2D eigenvalue weighted by molar-refractivity contribution is 8.00. The van der Waals surface area contributed by atoms with Crippen LogP contribution in [-0.4, -0.2) is 34.3 Å². The Kier molecular flexibility index (Phi) is 6.20. The van der Waals surface area contributed by atoms with Gasteiger partial charge in [-0.1, -0.05) is 20.8 Å². The number of carbonyl (C=O) groups is 1. The summed E-state index contributed by atoms with van der Waals surface area (Å²) in [4.78, 5) is 10.7. The maximum Gasteiger partial charge on any atom is 0.332 e. The summed E-state index contributed by atoms with van der Waals surface area (Å²) < 4.78 is 5.30. The van der Waals surface area contributed by atoms with Gasteiger partial charge in [0.05, 0.1) is 0 Å². The van der Waals surface area contributed by atoms with Crippen molar-refractivity contribution >= 4 is 17.7 Å². The van der Waals surface area contributed by atoms with E-state index in [2.05, 4.69) is 20.8 Å². The highest BCUT2D eigenvalue weighted by atomic mass is 32.2. The molecule has 84 valence electrons. The fraction of sp³-hybridized carbons (Fsp3) is 0.900. The van der Waals surface area contributed by atoms with Crippen molar-refractivity contribution in [2.75, 3.05) is 12.4 Å². The molecule has 0 aliphatic rings. The lowest BCUT2D eigenvalue weighted by Gasteiger charge is -2.19. The molecule has 3 nitrogen and oxygen atoms in total. The van der Waals surface area contributed by atoms with Crippen LogP contribution < -0.4 is 0 Å². The number of thioether (sulfide) groups is 1. The molecule has 1 atom stereocenters. The van der Waals surface area contributed by atoms with E-state index in [9.17, 15) is 4.79 Å². The van der Waals surface area contributed by atoms with Crippen LogP contribution in [0, 0.1) is 0 Å². The van der Waals surface area contributed by atoms with Crippen molar-refractivity contribution in [3.8, 4) is 0 Å². The molecule has 0 rings (SSSR count). The molecular formula is C10H20O3S. The van der Waals surface area contributed by atoms with Crippen molar-refractivity contribution in [2.24, 2.45) is 0 Å². The average Bonchev–Trinajstić information content (AvgIpc) is 2.00. The van der Waals surface area contributed by atoms with Gasteiger partial charge in [-0.05, 0) is 19.1 Å². The minimum atomic E-state index is -0.860. The molecule has 0 amide bonds. The first-order valence-electron chi connectivity index (χ1n) is 4.85. The lowest BCUT2D eigenvalue weighted by atomic mass is 10.3. The molecule has 1 N–H and O–H groups in total. The molecule has 0 aliphatic heterocycles. The zero-order valence-electron chi connectivity index (χ0n) is 9.37. The Balaban J connectivity index is 3.77. The molecule has 0 saturated heterocycles. The summed E-state index contributed by atoms with van der Waals surface area (Å²) in [5.41, 5.74) is 0. The number of ether oxygens (including phenoxy) is 1. The van der Waals surface area contributed by atoms with Crippen LogP contribution in [-0.2, 0) is 9.53 Å². The summed E-state index contributed by atoms with van der Waals surface area (Å²) in [5, 5.41) is 8.80. The van der Waals surface area contributed by atoms with Gasteiger partial charge in [-0.2, -0.15) is 11.8 Å². The molecule has 4 heteroatoms. The number of carboxylic acid groups (broad SMARTS) is 1. The van der Waals surface area contributed by atoms with Gasteiger partial charge in [0.15, 0.2) is 6.10 Å².